The van der Waals surface area contributed by atoms with Crippen LogP contribution in [-0.2, 0) is 0 Å². The molecule has 1 saturated heterocycles. The van der Waals surface area contributed by atoms with Gasteiger partial charge in [0.2, 0.25) is 0 Å². The first-order chi connectivity index (χ1) is 6.95. The summed E-state index contributed by atoms with van der Waals surface area (Å²) in [5, 5.41) is 0. The summed E-state index contributed by atoms with van der Waals surface area (Å²) in [5.41, 5.74) is 6.03. The van der Waals surface area contributed by atoms with Crippen molar-refractivity contribution in [3.63, 3.8) is 0 Å². The van der Waals surface area contributed by atoms with E-state index in [2.05, 4.69) is 46.4 Å². The molecule has 1 rings (SSSR count). The molecule has 0 spiro atoms. The van der Waals surface area contributed by atoms with Crippen LogP contribution in [0.5, 0.6) is 0 Å². The lowest BCUT2D eigenvalue weighted by Gasteiger charge is -2.38. The van der Waals surface area contributed by atoms with Crippen molar-refractivity contribution in [3.8, 4) is 0 Å². The van der Waals surface area contributed by atoms with E-state index in [0.717, 1.165) is 0 Å². The minimum absolute atomic E-state index is 0.615. The lowest BCUT2D eigenvalue weighted by atomic mass is 9.93. The second-order valence-corrected chi connectivity index (χ2v) is 5.22. The summed E-state index contributed by atoms with van der Waals surface area (Å²) in [6, 6.07) is 0.615. The SMILES string of the molecule is CC(C)=C1CCCN(C(C)C)C1=C(C)C. The van der Waals surface area contributed by atoms with Gasteiger partial charge in [-0.25, -0.2) is 0 Å². The van der Waals surface area contributed by atoms with E-state index in [1.807, 2.05) is 0 Å². The van der Waals surface area contributed by atoms with E-state index in [9.17, 15) is 0 Å². The maximum absolute atomic E-state index is 2.56. The Morgan fingerprint density at radius 2 is 1.67 bits per heavy atom. The lowest BCUT2D eigenvalue weighted by molar-refractivity contribution is 0.262. The summed E-state index contributed by atoms with van der Waals surface area (Å²) in [4.78, 5) is 2.56. The van der Waals surface area contributed by atoms with Crippen molar-refractivity contribution in [2.45, 2.75) is 60.4 Å². The highest BCUT2D eigenvalue weighted by atomic mass is 15.2. The summed E-state index contributed by atoms with van der Waals surface area (Å²) >= 11 is 0. The van der Waals surface area contributed by atoms with E-state index in [4.69, 9.17) is 0 Å². The number of hydrogen-bond acceptors (Lipinski definition) is 1. The Labute approximate surface area is 94.9 Å². The molecule has 1 heterocycles. The van der Waals surface area contributed by atoms with Crippen LogP contribution in [0.15, 0.2) is 22.4 Å². The molecule has 0 unspecified atom stereocenters. The van der Waals surface area contributed by atoms with Crippen molar-refractivity contribution < 1.29 is 0 Å². The van der Waals surface area contributed by atoms with Crippen molar-refractivity contribution in [3.05, 3.63) is 22.4 Å². The number of nitrogens with zero attached hydrogens (tertiary/aromatic N) is 1. The van der Waals surface area contributed by atoms with Gasteiger partial charge in [0.1, 0.15) is 0 Å². The number of piperidine rings is 1. The fourth-order valence-electron chi connectivity index (χ4n) is 2.42. The highest BCUT2D eigenvalue weighted by Gasteiger charge is 2.23. The van der Waals surface area contributed by atoms with Crippen LogP contribution in [-0.4, -0.2) is 17.5 Å². The Balaban J connectivity index is 3.15. The van der Waals surface area contributed by atoms with Crippen LogP contribution in [0.1, 0.15) is 54.4 Å². The van der Waals surface area contributed by atoms with Gasteiger partial charge in [-0.1, -0.05) is 11.1 Å². The van der Waals surface area contributed by atoms with Crippen molar-refractivity contribution in [2.75, 3.05) is 6.54 Å². The molecule has 0 bridgehead atoms. The van der Waals surface area contributed by atoms with Crippen molar-refractivity contribution in [1.29, 1.82) is 0 Å². The molecule has 1 heteroatoms. The summed E-state index contributed by atoms with van der Waals surface area (Å²) in [6.07, 6.45) is 2.56. The van der Waals surface area contributed by atoms with E-state index in [-0.39, 0.29) is 0 Å². The molecular formula is C14H25N. The van der Waals surface area contributed by atoms with Crippen LogP contribution in [0.3, 0.4) is 0 Å². The molecular weight excluding hydrogens is 182 g/mol. The standard InChI is InChI=1S/C14H25N/c1-10(2)13-8-7-9-15(12(5)6)14(13)11(3)4/h12H,7-9H2,1-6H3. The molecule has 0 radical (unpaired) electrons. The van der Waals surface area contributed by atoms with Gasteiger partial charge in [0, 0.05) is 18.3 Å². The topological polar surface area (TPSA) is 3.24 Å². The molecule has 1 aliphatic rings. The van der Waals surface area contributed by atoms with Crippen LogP contribution in [0.25, 0.3) is 0 Å². The summed E-state index contributed by atoms with van der Waals surface area (Å²) in [6.45, 7) is 14.7. The maximum Gasteiger partial charge on any atom is 0.0386 e. The Kier molecular flexibility index (Phi) is 4.01. The number of allylic oxidation sites excluding steroid dienone is 3. The van der Waals surface area contributed by atoms with Gasteiger partial charge in [-0.2, -0.15) is 0 Å². The maximum atomic E-state index is 2.56. The van der Waals surface area contributed by atoms with Gasteiger partial charge >= 0.3 is 0 Å². The van der Waals surface area contributed by atoms with Gasteiger partial charge in [0.25, 0.3) is 0 Å². The molecule has 0 aliphatic carbocycles. The van der Waals surface area contributed by atoms with Gasteiger partial charge in [-0.05, 0) is 60.0 Å². The van der Waals surface area contributed by atoms with E-state index >= 15 is 0 Å². The monoisotopic (exact) mass is 207 g/mol. The van der Waals surface area contributed by atoms with E-state index in [0.29, 0.717) is 6.04 Å². The quantitative estimate of drug-likeness (QED) is 0.625. The molecule has 0 saturated carbocycles. The Morgan fingerprint density at radius 1 is 1.07 bits per heavy atom. The first-order valence-electron chi connectivity index (χ1n) is 6.06. The van der Waals surface area contributed by atoms with Crippen LogP contribution < -0.4 is 0 Å². The van der Waals surface area contributed by atoms with E-state index in [1.165, 1.54) is 36.2 Å². The zero-order valence-corrected chi connectivity index (χ0v) is 11.1. The highest BCUT2D eigenvalue weighted by Crippen LogP contribution is 2.32. The fraction of sp³-hybridized carbons (Fsp3) is 0.714. The van der Waals surface area contributed by atoms with Gasteiger partial charge in [0.05, 0.1) is 0 Å². The second-order valence-electron chi connectivity index (χ2n) is 5.22. The van der Waals surface area contributed by atoms with Crippen LogP contribution in [0.4, 0.5) is 0 Å². The van der Waals surface area contributed by atoms with Crippen molar-refractivity contribution in [2.24, 2.45) is 0 Å². The molecule has 0 aromatic carbocycles. The van der Waals surface area contributed by atoms with Crippen LogP contribution in [0, 0.1) is 0 Å². The summed E-state index contributed by atoms with van der Waals surface area (Å²) in [5.74, 6) is 0. The second kappa shape index (κ2) is 4.87. The molecule has 1 nitrogen and oxygen atoms in total. The Morgan fingerprint density at radius 3 is 2.07 bits per heavy atom. The highest BCUT2D eigenvalue weighted by molar-refractivity contribution is 5.37. The molecule has 1 aliphatic heterocycles. The molecule has 0 amide bonds. The number of likely N-dealkylation sites (tertiary alicyclic amines) is 1. The molecule has 86 valence electrons. The minimum Gasteiger partial charge on any atom is -0.369 e. The predicted molar refractivity (Wildman–Crippen MR) is 67.8 cm³/mol. The molecule has 1 fully saturated rings. The molecule has 15 heavy (non-hydrogen) atoms. The zero-order valence-electron chi connectivity index (χ0n) is 11.1. The molecule has 0 aromatic heterocycles. The van der Waals surface area contributed by atoms with Crippen LogP contribution in [0.2, 0.25) is 0 Å². The van der Waals surface area contributed by atoms with Crippen molar-refractivity contribution >= 4 is 0 Å². The smallest absolute Gasteiger partial charge is 0.0386 e. The average molecular weight is 207 g/mol. The molecule has 0 atom stereocenters. The first kappa shape index (κ1) is 12.4. The molecule has 0 N–H and O–H groups in total. The molecule has 0 aromatic rings. The first-order valence-corrected chi connectivity index (χ1v) is 6.06. The largest absolute Gasteiger partial charge is 0.369 e. The van der Waals surface area contributed by atoms with E-state index in [1.54, 1.807) is 5.57 Å². The zero-order chi connectivity index (χ0) is 11.6. The average Bonchev–Trinajstić information content (AvgIpc) is 2.16. The lowest BCUT2D eigenvalue weighted by Crippen LogP contribution is -2.35. The third-order valence-electron chi connectivity index (χ3n) is 3.10. The predicted octanol–water partition coefficient (Wildman–Crippen LogP) is 4.12. The minimum atomic E-state index is 0.615. The van der Waals surface area contributed by atoms with Gasteiger partial charge in [0.15, 0.2) is 0 Å². The van der Waals surface area contributed by atoms with Gasteiger partial charge in [-0.15, -0.1) is 0 Å². The summed E-state index contributed by atoms with van der Waals surface area (Å²) < 4.78 is 0. The third kappa shape index (κ3) is 2.64. The number of rotatable bonds is 1. The number of hydrogen-bond donors (Lipinski definition) is 0. The fourth-order valence-corrected chi connectivity index (χ4v) is 2.42. The normalized spacial score (nSPS) is 17.4. The van der Waals surface area contributed by atoms with Gasteiger partial charge in [-0.3, -0.25) is 0 Å². The van der Waals surface area contributed by atoms with Crippen molar-refractivity contribution in [1.82, 2.24) is 4.90 Å². The van der Waals surface area contributed by atoms with E-state index < -0.39 is 0 Å². The van der Waals surface area contributed by atoms with Gasteiger partial charge < -0.3 is 4.90 Å². The third-order valence-corrected chi connectivity index (χ3v) is 3.10. The summed E-state index contributed by atoms with van der Waals surface area (Å²) in [7, 11) is 0. The Bertz CT molecular complexity index is 286. The Hall–Kier alpha value is -0.720. The van der Waals surface area contributed by atoms with Crippen LogP contribution >= 0.6 is 0 Å².